The van der Waals surface area contributed by atoms with Gasteiger partial charge >= 0.3 is 0 Å². The average molecular weight is 520 g/mol. The van der Waals surface area contributed by atoms with Crippen LogP contribution < -0.4 is 14.4 Å². The van der Waals surface area contributed by atoms with Crippen LogP contribution in [0, 0.1) is 0 Å². The number of rotatable bonds is 6. The summed E-state index contributed by atoms with van der Waals surface area (Å²) >= 11 is 6.15. The highest BCUT2D eigenvalue weighted by Gasteiger charge is 2.37. The van der Waals surface area contributed by atoms with Gasteiger partial charge in [-0.15, -0.1) is 0 Å². The fourth-order valence-electron chi connectivity index (χ4n) is 3.97. The lowest BCUT2D eigenvalue weighted by Crippen LogP contribution is -2.48. The molecule has 1 atom stereocenters. The fraction of sp³-hybridized carbons (Fsp3) is 0.111. The maximum absolute atomic E-state index is 13.5. The Morgan fingerprint density at radius 3 is 2.39 bits per heavy atom. The van der Waals surface area contributed by atoms with E-state index in [4.69, 9.17) is 16.3 Å². The zero-order valence-electron chi connectivity index (χ0n) is 19.0. The lowest BCUT2D eigenvalue weighted by Gasteiger charge is -2.34. The van der Waals surface area contributed by atoms with Gasteiger partial charge in [0, 0.05) is 23.1 Å². The zero-order chi connectivity index (χ0) is 25.1. The predicted octanol–water partition coefficient (Wildman–Crippen LogP) is 4.92. The second kappa shape index (κ2) is 10.0. The van der Waals surface area contributed by atoms with E-state index in [9.17, 15) is 13.2 Å². The fourth-order valence-corrected chi connectivity index (χ4v) is 5.63. The molecule has 1 aliphatic heterocycles. The van der Waals surface area contributed by atoms with E-state index in [2.05, 4.69) is 10.3 Å². The van der Waals surface area contributed by atoms with E-state index in [1.165, 1.54) is 22.5 Å². The van der Waals surface area contributed by atoms with Gasteiger partial charge in [0.1, 0.15) is 5.75 Å². The van der Waals surface area contributed by atoms with Gasteiger partial charge in [-0.1, -0.05) is 41.9 Å². The summed E-state index contributed by atoms with van der Waals surface area (Å²) in [7, 11) is -3.96. The second-order valence-corrected chi connectivity index (χ2v) is 10.6. The number of halogens is 1. The first kappa shape index (κ1) is 23.8. The minimum absolute atomic E-state index is 0.113. The Hall–Kier alpha value is -3.88. The van der Waals surface area contributed by atoms with Gasteiger partial charge in [-0.3, -0.25) is 14.1 Å². The third-order valence-electron chi connectivity index (χ3n) is 5.79. The van der Waals surface area contributed by atoms with E-state index < -0.39 is 22.0 Å². The van der Waals surface area contributed by atoms with Crippen molar-refractivity contribution in [3.05, 3.63) is 113 Å². The normalized spacial score (nSPS) is 15.0. The molecule has 0 spiro atoms. The summed E-state index contributed by atoms with van der Waals surface area (Å²) in [6.07, 6.45) is 3.19. The van der Waals surface area contributed by atoms with Crippen molar-refractivity contribution in [2.45, 2.75) is 17.4 Å². The summed E-state index contributed by atoms with van der Waals surface area (Å²) in [5.41, 5.74) is 3.09. The minimum Gasteiger partial charge on any atom is -0.476 e. The summed E-state index contributed by atoms with van der Waals surface area (Å²) < 4.78 is 34.0. The number of anilines is 2. The molecule has 0 fully saturated rings. The van der Waals surface area contributed by atoms with Crippen LogP contribution in [0.2, 0.25) is 5.02 Å². The molecule has 0 radical (unpaired) electrons. The number of carbonyl (C=O) groups excluding carboxylic acids is 1. The first-order chi connectivity index (χ1) is 17.4. The number of sulfonamides is 1. The third-order valence-corrected chi connectivity index (χ3v) is 7.82. The lowest BCUT2D eigenvalue weighted by atomic mass is 10.1. The Morgan fingerprint density at radius 2 is 1.67 bits per heavy atom. The number of hydrogen-bond acceptors (Lipinski definition) is 5. The summed E-state index contributed by atoms with van der Waals surface area (Å²) in [6, 6.07) is 24.1. The third kappa shape index (κ3) is 5.05. The first-order valence-electron chi connectivity index (χ1n) is 11.2. The maximum atomic E-state index is 13.5. The predicted molar refractivity (Wildman–Crippen MR) is 139 cm³/mol. The first-order valence-corrected chi connectivity index (χ1v) is 13.0. The molecule has 2 heterocycles. The van der Waals surface area contributed by atoms with E-state index in [0.29, 0.717) is 10.7 Å². The van der Waals surface area contributed by atoms with Gasteiger partial charge in [0.15, 0.2) is 6.10 Å². The summed E-state index contributed by atoms with van der Waals surface area (Å²) in [5, 5.41) is 3.20. The van der Waals surface area contributed by atoms with Crippen LogP contribution in [0.5, 0.6) is 5.75 Å². The van der Waals surface area contributed by atoms with Crippen molar-refractivity contribution < 1.29 is 17.9 Å². The number of fused-ring (bicyclic) bond motifs is 1. The number of pyridine rings is 1. The molecule has 0 bridgehead atoms. The molecule has 0 saturated carbocycles. The van der Waals surface area contributed by atoms with Crippen LogP contribution in [0.25, 0.3) is 0 Å². The summed E-state index contributed by atoms with van der Waals surface area (Å²) in [4.78, 5) is 17.3. The average Bonchev–Trinajstić information content (AvgIpc) is 2.90. The van der Waals surface area contributed by atoms with E-state index in [-0.39, 0.29) is 22.9 Å². The van der Waals surface area contributed by atoms with E-state index in [1.807, 2.05) is 36.4 Å². The molecule has 0 unspecified atom stereocenters. The van der Waals surface area contributed by atoms with Crippen LogP contribution in [0.4, 0.5) is 11.4 Å². The molecular formula is C27H22ClN3O4S. The van der Waals surface area contributed by atoms with Crippen LogP contribution in [0.3, 0.4) is 0 Å². The van der Waals surface area contributed by atoms with E-state index in [0.717, 1.165) is 17.5 Å². The molecule has 3 aromatic carbocycles. The number of amides is 1. The highest BCUT2D eigenvalue weighted by Crippen LogP contribution is 2.39. The van der Waals surface area contributed by atoms with Gasteiger partial charge < -0.3 is 10.1 Å². The standard InChI is InChI=1S/C27H22ClN3O4S/c28-21-8-11-25-24(17-21)31(36(33,34)23-4-2-1-3-5-23)18-26(35-25)27(32)30-22-9-6-19(7-10-22)16-20-12-14-29-15-13-20/h1-15,17,26H,16,18H2,(H,30,32)/t26-/m1/s1. The van der Waals surface area contributed by atoms with Gasteiger partial charge in [-0.2, -0.15) is 0 Å². The summed E-state index contributed by atoms with van der Waals surface area (Å²) in [6.45, 7) is -0.198. The number of nitrogens with one attached hydrogen (secondary N) is 1. The van der Waals surface area contributed by atoms with Crippen molar-refractivity contribution in [2.24, 2.45) is 0 Å². The van der Waals surface area contributed by atoms with Crippen LogP contribution in [0.1, 0.15) is 11.1 Å². The van der Waals surface area contributed by atoms with Crippen LogP contribution in [0.15, 0.2) is 102 Å². The Balaban J connectivity index is 1.36. The number of aromatic nitrogens is 1. The Morgan fingerprint density at radius 1 is 0.972 bits per heavy atom. The molecule has 4 aromatic rings. The molecule has 1 aromatic heterocycles. The molecule has 36 heavy (non-hydrogen) atoms. The van der Waals surface area contributed by atoms with Crippen molar-refractivity contribution in [3.63, 3.8) is 0 Å². The zero-order valence-corrected chi connectivity index (χ0v) is 20.6. The Labute approximate surface area is 214 Å². The molecule has 7 nitrogen and oxygen atoms in total. The molecule has 1 aliphatic rings. The lowest BCUT2D eigenvalue weighted by molar-refractivity contribution is -0.122. The number of hydrogen-bond donors (Lipinski definition) is 1. The van der Waals surface area contributed by atoms with Crippen LogP contribution >= 0.6 is 11.6 Å². The van der Waals surface area contributed by atoms with Gasteiger partial charge in [0.25, 0.3) is 15.9 Å². The second-order valence-electron chi connectivity index (χ2n) is 8.29. The molecule has 0 saturated heterocycles. The van der Waals surface area contributed by atoms with Crippen LogP contribution in [-0.4, -0.2) is 32.0 Å². The molecule has 9 heteroatoms. The highest BCUT2D eigenvalue weighted by atomic mass is 35.5. The quantitative estimate of drug-likeness (QED) is 0.390. The van der Waals surface area contributed by atoms with E-state index >= 15 is 0 Å². The number of ether oxygens (including phenoxy) is 1. The van der Waals surface area contributed by atoms with Crippen LogP contribution in [-0.2, 0) is 21.2 Å². The number of benzene rings is 3. The maximum Gasteiger partial charge on any atom is 0.267 e. The smallest absolute Gasteiger partial charge is 0.267 e. The van der Waals surface area contributed by atoms with Crippen molar-refractivity contribution >= 4 is 38.9 Å². The largest absolute Gasteiger partial charge is 0.476 e. The van der Waals surface area contributed by atoms with Gasteiger partial charge in [-0.25, -0.2) is 8.42 Å². The molecule has 182 valence electrons. The topological polar surface area (TPSA) is 88.6 Å². The number of carbonyl (C=O) groups is 1. The SMILES string of the molecule is O=C(Nc1ccc(Cc2ccncc2)cc1)[C@H]1CN(S(=O)(=O)c2ccccc2)c2cc(Cl)ccc2O1. The van der Waals surface area contributed by atoms with Crippen molar-refractivity contribution in [1.82, 2.24) is 4.98 Å². The summed E-state index contributed by atoms with van der Waals surface area (Å²) in [5.74, 6) is -0.191. The molecule has 1 N–H and O–H groups in total. The Kier molecular flexibility index (Phi) is 6.63. The monoisotopic (exact) mass is 519 g/mol. The van der Waals surface area contributed by atoms with Gasteiger partial charge in [-0.05, 0) is 72.1 Å². The molecule has 5 rings (SSSR count). The van der Waals surface area contributed by atoms with E-state index in [1.54, 1.807) is 42.7 Å². The highest BCUT2D eigenvalue weighted by molar-refractivity contribution is 7.92. The number of nitrogens with zero attached hydrogens (tertiary/aromatic N) is 2. The molecule has 0 aliphatic carbocycles. The van der Waals surface area contributed by atoms with Crippen molar-refractivity contribution in [2.75, 3.05) is 16.2 Å². The van der Waals surface area contributed by atoms with Crippen molar-refractivity contribution in [1.29, 1.82) is 0 Å². The molecule has 1 amide bonds. The van der Waals surface area contributed by atoms with Gasteiger partial charge in [0.2, 0.25) is 0 Å². The minimum atomic E-state index is -3.96. The van der Waals surface area contributed by atoms with Crippen molar-refractivity contribution in [3.8, 4) is 5.75 Å². The van der Waals surface area contributed by atoms with Gasteiger partial charge in [0.05, 0.1) is 17.1 Å². The molecular weight excluding hydrogens is 498 g/mol. The Bertz CT molecular complexity index is 1480.